The number of nitrogens with one attached hydrogen (secondary N) is 1. The second-order valence-corrected chi connectivity index (χ2v) is 6.14. The summed E-state index contributed by atoms with van der Waals surface area (Å²) in [6, 6.07) is 12.6. The number of primary amides is 1. The van der Waals surface area contributed by atoms with Gasteiger partial charge in [-0.1, -0.05) is 24.3 Å². The Morgan fingerprint density at radius 2 is 1.89 bits per heavy atom. The number of rotatable bonds is 8. The Kier molecular flexibility index (Phi) is 6.12. The molecule has 0 fully saturated rings. The van der Waals surface area contributed by atoms with E-state index in [0.717, 1.165) is 22.3 Å². The summed E-state index contributed by atoms with van der Waals surface area (Å²) < 4.78 is 5.37. The number of aromatic nitrogens is 2. The van der Waals surface area contributed by atoms with Crippen molar-refractivity contribution >= 4 is 5.91 Å². The normalized spacial score (nSPS) is 11.7. The van der Waals surface area contributed by atoms with Gasteiger partial charge in [0, 0.05) is 43.3 Å². The van der Waals surface area contributed by atoms with Crippen LogP contribution in [-0.2, 0) is 17.8 Å². The molecule has 0 aliphatic carbocycles. The van der Waals surface area contributed by atoms with E-state index in [9.17, 15) is 4.79 Å². The number of para-hydroxylation sites is 1. The molecule has 3 N–H and O–H groups in total. The number of carbonyl (C=O) groups excluding carboxylic acids is 1. The molecule has 2 aromatic heterocycles. The molecule has 0 aliphatic rings. The topological polar surface area (TPSA) is 90.1 Å². The average Bonchev–Trinajstić information content (AvgIpc) is 2.70. The zero-order valence-corrected chi connectivity index (χ0v) is 15.1. The predicted molar refractivity (Wildman–Crippen MR) is 103 cm³/mol. The minimum Gasteiger partial charge on any atom is -0.496 e. The fourth-order valence-electron chi connectivity index (χ4n) is 2.99. The van der Waals surface area contributed by atoms with Crippen molar-refractivity contribution in [3.63, 3.8) is 0 Å². The van der Waals surface area contributed by atoms with Gasteiger partial charge in [-0.05, 0) is 34.9 Å². The molecule has 0 bridgehead atoms. The maximum Gasteiger partial charge on any atom is 0.239 e. The molecule has 0 radical (unpaired) electrons. The van der Waals surface area contributed by atoms with Crippen molar-refractivity contribution in [1.29, 1.82) is 0 Å². The molecule has 2 heterocycles. The number of hydrogen-bond acceptors (Lipinski definition) is 5. The molecule has 6 heteroatoms. The first-order valence-corrected chi connectivity index (χ1v) is 8.65. The van der Waals surface area contributed by atoms with Gasteiger partial charge in [0.1, 0.15) is 11.8 Å². The van der Waals surface area contributed by atoms with E-state index in [2.05, 4.69) is 15.3 Å². The van der Waals surface area contributed by atoms with E-state index in [4.69, 9.17) is 10.5 Å². The number of nitrogens with zero attached hydrogens (tertiary/aromatic N) is 2. The Labute approximate surface area is 158 Å². The Bertz CT molecular complexity index is 899. The fourth-order valence-corrected chi connectivity index (χ4v) is 2.99. The molecule has 6 nitrogen and oxygen atoms in total. The van der Waals surface area contributed by atoms with Crippen LogP contribution in [-0.4, -0.2) is 23.0 Å². The van der Waals surface area contributed by atoms with Gasteiger partial charge in [-0.3, -0.25) is 20.1 Å². The third kappa shape index (κ3) is 4.68. The van der Waals surface area contributed by atoms with E-state index in [1.54, 1.807) is 19.5 Å². The highest BCUT2D eigenvalue weighted by atomic mass is 16.5. The lowest BCUT2D eigenvalue weighted by Crippen LogP contribution is -2.33. The molecule has 0 aliphatic heterocycles. The highest BCUT2D eigenvalue weighted by Gasteiger charge is 2.21. The first kappa shape index (κ1) is 18.5. The van der Waals surface area contributed by atoms with Crippen molar-refractivity contribution in [1.82, 2.24) is 15.3 Å². The molecule has 0 saturated carbocycles. The van der Waals surface area contributed by atoms with Gasteiger partial charge in [0.15, 0.2) is 0 Å². The predicted octanol–water partition coefficient (Wildman–Crippen LogP) is 2.39. The van der Waals surface area contributed by atoms with Gasteiger partial charge in [0.05, 0.1) is 7.11 Å². The lowest BCUT2D eigenvalue weighted by atomic mass is 10.0. The molecular formula is C21H22N4O2. The van der Waals surface area contributed by atoms with E-state index < -0.39 is 11.9 Å². The summed E-state index contributed by atoms with van der Waals surface area (Å²) in [4.78, 5) is 20.4. The van der Waals surface area contributed by atoms with Crippen molar-refractivity contribution in [2.45, 2.75) is 19.0 Å². The Hall–Kier alpha value is -3.25. The highest BCUT2D eigenvalue weighted by Crippen LogP contribution is 2.25. The molecule has 1 aromatic carbocycles. The maximum atomic E-state index is 12.0. The smallest absolute Gasteiger partial charge is 0.239 e. The van der Waals surface area contributed by atoms with Crippen LogP contribution in [0.3, 0.4) is 0 Å². The van der Waals surface area contributed by atoms with E-state index in [-0.39, 0.29) is 0 Å². The van der Waals surface area contributed by atoms with E-state index >= 15 is 0 Å². The van der Waals surface area contributed by atoms with Crippen molar-refractivity contribution in [3.8, 4) is 5.75 Å². The average molecular weight is 362 g/mol. The third-order valence-electron chi connectivity index (χ3n) is 4.35. The summed E-state index contributed by atoms with van der Waals surface area (Å²) in [5.74, 6) is 0.168. The van der Waals surface area contributed by atoms with E-state index in [0.29, 0.717) is 18.7 Å². The Morgan fingerprint density at radius 1 is 1.07 bits per heavy atom. The van der Waals surface area contributed by atoms with Gasteiger partial charge in [0.25, 0.3) is 0 Å². The van der Waals surface area contributed by atoms with Crippen LogP contribution >= 0.6 is 0 Å². The van der Waals surface area contributed by atoms with Gasteiger partial charge in [-0.2, -0.15) is 0 Å². The summed E-state index contributed by atoms with van der Waals surface area (Å²) >= 11 is 0. The SMILES string of the molecule is COc1ccccc1C(NCc1ccncc1Cc1cccnc1)C(N)=O. The molecule has 3 aromatic rings. The summed E-state index contributed by atoms with van der Waals surface area (Å²) in [5.41, 5.74) is 9.58. The Balaban J connectivity index is 1.79. The number of benzene rings is 1. The van der Waals surface area contributed by atoms with Gasteiger partial charge >= 0.3 is 0 Å². The number of methoxy groups -OCH3 is 1. The van der Waals surface area contributed by atoms with Crippen LogP contribution in [0, 0.1) is 0 Å². The molecule has 1 amide bonds. The molecule has 0 saturated heterocycles. The zero-order valence-electron chi connectivity index (χ0n) is 15.1. The van der Waals surface area contributed by atoms with Crippen LogP contribution in [0.5, 0.6) is 5.75 Å². The van der Waals surface area contributed by atoms with E-state index in [1.807, 2.05) is 54.9 Å². The molecule has 1 atom stereocenters. The fraction of sp³-hybridized carbons (Fsp3) is 0.190. The van der Waals surface area contributed by atoms with Crippen molar-refractivity contribution in [2.75, 3.05) is 7.11 Å². The number of pyridine rings is 2. The Morgan fingerprint density at radius 3 is 2.63 bits per heavy atom. The largest absolute Gasteiger partial charge is 0.496 e. The van der Waals surface area contributed by atoms with E-state index in [1.165, 1.54) is 0 Å². The van der Waals surface area contributed by atoms with Crippen molar-refractivity contribution in [2.24, 2.45) is 5.73 Å². The molecule has 27 heavy (non-hydrogen) atoms. The minimum atomic E-state index is -0.652. The third-order valence-corrected chi connectivity index (χ3v) is 4.35. The molecule has 0 spiro atoms. The number of amides is 1. The second-order valence-electron chi connectivity index (χ2n) is 6.14. The summed E-state index contributed by atoms with van der Waals surface area (Å²) in [6.07, 6.45) is 7.89. The molecule has 138 valence electrons. The quantitative estimate of drug-likeness (QED) is 0.642. The van der Waals surface area contributed by atoms with Crippen LogP contribution in [0.1, 0.15) is 28.3 Å². The van der Waals surface area contributed by atoms with Gasteiger partial charge in [0.2, 0.25) is 5.91 Å². The summed E-state index contributed by atoms with van der Waals surface area (Å²) in [5, 5.41) is 3.25. The van der Waals surface area contributed by atoms with Crippen LogP contribution in [0.15, 0.2) is 67.3 Å². The van der Waals surface area contributed by atoms with Crippen LogP contribution in [0.2, 0.25) is 0 Å². The lowest BCUT2D eigenvalue weighted by molar-refractivity contribution is -0.120. The van der Waals surface area contributed by atoms with Crippen molar-refractivity contribution < 1.29 is 9.53 Å². The van der Waals surface area contributed by atoms with Crippen LogP contribution in [0.4, 0.5) is 0 Å². The summed E-state index contributed by atoms with van der Waals surface area (Å²) in [6.45, 7) is 0.476. The minimum absolute atomic E-state index is 0.456. The standard InChI is InChI=1S/C21H22N4O2/c1-27-19-7-3-2-6-18(19)20(21(22)26)25-14-16-8-10-24-13-17(16)11-15-5-4-9-23-12-15/h2-10,12-13,20,25H,11,14H2,1H3,(H2,22,26). The number of ether oxygens (including phenoxy) is 1. The lowest BCUT2D eigenvalue weighted by Gasteiger charge is -2.19. The highest BCUT2D eigenvalue weighted by molar-refractivity contribution is 5.82. The summed E-state index contributed by atoms with van der Waals surface area (Å²) in [7, 11) is 1.58. The van der Waals surface area contributed by atoms with Crippen LogP contribution < -0.4 is 15.8 Å². The number of hydrogen-bond donors (Lipinski definition) is 2. The second kappa shape index (κ2) is 8.91. The van der Waals surface area contributed by atoms with Gasteiger partial charge in [-0.15, -0.1) is 0 Å². The zero-order chi connectivity index (χ0) is 19.1. The first-order chi connectivity index (χ1) is 13.2. The monoisotopic (exact) mass is 362 g/mol. The van der Waals surface area contributed by atoms with Crippen molar-refractivity contribution in [3.05, 3.63) is 89.5 Å². The molecule has 3 rings (SSSR count). The maximum absolute atomic E-state index is 12.0. The first-order valence-electron chi connectivity index (χ1n) is 8.65. The number of carbonyl (C=O) groups is 1. The molecule has 1 unspecified atom stereocenters. The number of nitrogens with two attached hydrogens (primary N) is 1. The molecular weight excluding hydrogens is 340 g/mol. The van der Waals surface area contributed by atoms with Gasteiger partial charge in [-0.25, -0.2) is 0 Å². The van der Waals surface area contributed by atoms with Gasteiger partial charge < -0.3 is 10.5 Å². The van der Waals surface area contributed by atoms with Crippen LogP contribution in [0.25, 0.3) is 0 Å².